The third-order valence-electron chi connectivity index (χ3n) is 12.9. The van der Waals surface area contributed by atoms with Crippen molar-refractivity contribution >= 4 is 45.4 Å². The minimum absolute atomic E-state index is 0.0681. The number of pyridine rings is 2. The van der Waals surface area contributed by atoms with Gasteiger partial charge in [-0.25, -0.2) is 4.98 Å². The maximum Gasteiger partial charge on any atom is 0.421 e. The van der Waals surface area contributed by atoms with E-state index in [-0.39, 0.29) is 36.0 Å². The highest BCUT2D eigenvalue weighted by atomic mass is 19.4. The van der Waals surface area contributed by atoms with Gasteiger partial charge in [0.25, 0.3) is 11.8 Å². The molecule has 4 amide bonds. The Labute approximate surface area is 350 Å². The van der Waals surface area contributed by atoms with Crippen molar-refractivity contribution in [3.63, 3.8) is 0 Å². The number of hydrogen-bond donors (Lipinski definition) is 1. The summed E-state index contributed by atoms with van der Waals surface area (Å²) in [5, 5.41) is 4.18. The maximum absolute atomic E-state index is 14.3. The van der Waals surface area contributed by atoms with Gasteiger partial charge in [-0.3, -0.25) is 34.4 Å². The highest BCUT2D eigenvalue weighted by molar-refractivity contribution is 6.23. The van der Waals surface area contributed by atoms with E-state index < -0.39 is 41.4 Å². The van der Waals surface area contributed by atoms with Gasteiger partial charge in [-0.1, -0.05) is 31.4 Å². The molecule has 3 aliphatic heterocycles. The minimum atomic E-state index is -4.61. The van der Waals surface area contributed by atoms with Crippen molar-refractivity contribution in [3.05, 3.63) is 83.8 Å². The quantitative estimate of drug-likeness (QED) is 0.0935. The van der Waals surface area contributed by atoms with Gasteiger partial charge in [0.2, 0.25) is 17.7 Å². The highest BCUT2D eigenvalue weighted by Crippen LogP contribution is 2.41. The molecule has 2 saturated heterocycles. The monoisotopic (exact) mass is 836 g/mol. The Morgan fingerprint density at radius 2 is 1.62 bits per heavy atom. The van der Waals surface area contributed by atoms with Crippen LogP contribution in [-0.4, -0.2) is 86.4 Å². The van der Waals surface area contributed by atoms with Crippen molar-refractivity contribution < 1.29 is 41.8 Å². The van der Waals surface area contributed by atoms with Crippen molar-refractivity contribution in [2.24, 2.45) is 18.9 Å². The van der Waals surface area contributed by atoms with Crippen LogP contribution in [0.5, 0.6) is 11.6 Å². The van der Waals surface area contributed by atoms with Crippen LogP contribution in [-0.2, 0) is 22.8 Å². The molecule has 1 unspecified atom stereocenters. The van der Waals surface area contributed by atoms with Gasteiger partial charge >= 0.3 is 6.18 Å². The number of carbonyl (C=O) groups excluding carboxylic acids is 4. The number of rotatable bonds is 13. The number of fused-ring (bicyclic) bond motifs is 4. The van der Waals surface area contributed by atoms with E-state index in [1.807, 2.05) is 35.9 Å². The molecule has 9 rings (SSSR count). The topological polar surface area (TPSA) is 136 Å². The van der Waals surface area contributed by atoms with Gasteiger partial charge in [-0.15, -0.1) is 0 Å². The molecule has 0 radical (unpaired) electrons. The van der Waals surface area contributed by atoms with Crippen LogP contribution in [0.4, 0.5) is 13.2 Å². The van der Waals surface area contributed by atoms with Crippen LogP contribution >= 0.6 is 0 Å². The fourth-order valence-electron chi connectivity index (χ4n) is 9.48. The number of hydrogen-bond acceptors (Lipinski definition) is 9. The SMILES string of the molecule is Cn1c2ccncc2c2ccc(-c3cnc(O[C@H]4C[C@H](CN5CCC(CCCCCOc6ccc7c(c6)C(=O)N(C6CCC(=O)NC6=O)C7=O)CC5)C4)c(C(F)(F)F)c3)cc21. The second kappa shape index (κ2) is 16.6. The van der Waals surface area contributed by atoms with Crippen LogP contribution in [0, 0.1) is 11.8 Å². The third kappa shape index (κ3) is 8.19. The number of imide groups is 2. The number of likely N-dealkylation sites (tertiary alicyclic amines) is 1. The molecule has 6 heterocycles. The van der Waals surface area contributed by atoms with Crippen molar-refractivity contribution in [2.75, 3.05) is 26.2 Å². The van der Waals surface area contributed by atoms with E-state index in [0.29, 0.717) is 48.2 Å². The van der Waals surface area contributed by atoms with Crippen molar-refractivity contribution in [1.29, 1.82) is 0 Å². The zero-order chi connectivity index (χ0) is 42.4. The highest BCUT2D eigenvalue weighted by Gasteiger charge is 2.45. The fourth-order valence-corrected chi connectivity index (χ4v) is 9.48. The van der Waals surface area contributed by atoms with Crippen molar-refractivity contribution in [2.45, 2.75) is 82.5 Å². The first kappa shape index (κ1) is 40.6. The van der Waals surface area contributed by atoms with Gasteiger partial charge in [-0.2, -0.15) is 13.2 Å². The van der Waals surface area contributed by atoms with Gasteiger partial charge < -0.3 is 18.9 Å². The molecule has 1 saturated carbocycles. The van der Waals surface area contributed by atoms with Crippen LogP contribution in [0.1, 0.15) is 90.5 Å². The van der Waals surface area contributed by atoms with E-state index in [4.69, 9.17) is 9.47 Å². The number of piperidine rings is 2. The molecule has 0 bridgehead atoms. The summed E-state index contributed by atoms with van der Waals surface area (Å²) in [6.45, 7) is 3.42. The molecule has 3 fully saturated rings. The molecular formula is C46H47F3N6O6. The number of benzene rings is 2. The lowest BCUT2D eigenvalue weighted by molar-refractivity contribution is -0.140. The molecular weight excluding hydrogens is 790 g/mol. The lowest BCUT2D eigenvalue weighted by Gasteiger charge is -2.40. The van der Waals surface area contributed by atoms with Gasteiger partial charge in [-0.05, 0) is 105 Å². The van der Waals surface area contributed by atoms with E-state index in [0.717, 1.165) is 90.9 Å². The van der Waals surface area contributed by atoms with Gasteiger partial charge in [0.1, 0.15) is 23.5 Å². The molecule has 318 valence electrons. The second-order valence-corrected chi connectivity index (χ2v) is 16.9. The Morgan fingerprint density at radius 1 is 0.820 bits per heavy atom. The van der Waals surface area contributed by atoms with Crippen LogP contribution in [0.2, 0.25) is 0 Å². The van der Waals surface area contributed by atoms with Crippen LogP contribution in [0.15, 0.2) is 67.1 Å². The number of carbonyl (C=O) groups is 4. The number of alkyl halides is 3. The average Bonchev–Trinajstić information content (AvgIpc) is 3.66. The molecule has 15 heteroatoms. The van der Waals surface area contributed by atoms with Crippen LogP contribution in [0.25, 0.3) is 32.9 Å². The van der Waals surface area contributed by atoms with Gasteiger partial charge in [0.15, 0.2) is 0 Å². The number of nitrogens with zero attached hydrogens (tertiary/aromatic N) is 5. The summed E-state index contributed by atoms with van der Waals surface area (Å²) in [4.78, 5) is 61.7. The molecule has 1 atom stereocenters. The summed E-state index contributed by atoms with van der Waals surface area (Å²) >= 11 is 0. The summed E-state index contributed by atoms with van der Waals surface area (Å²) < 4.78 is 56.9. The largest absolute Gasteiger partial charge is 0.494 e. The van der Waals surface area contributed by atoms with E-state index >= 15 is 0 Å². The maximum atomic E-state index is 14.3. The minimum Gasteiger partial charge on any atom is -0.494 e. The van der Waals surface area contributed by atoms with E-state index in [1.54, 1.807) is 30.6 Å². The molecule has 5 aromatic rings. The predicted molar refractivity (Wildman–Crippen MR) is 220 cm³/mol. The molecule has 1 N–H and O–H groups in total. The number of aryl methyl sites for hydroxylation is 1. The Hall–Kier alpha value is -5.83. The van der Waals surface area contributed by atoms with Crippen LogP contribution < -0.4 is 14.8 Å². The van der Waals surface area contributed by atoms with E-state index in [1.165, 1.54) is 6.20 Å². The van der Waals surface area contributed by atoms with Gasteiger partial charge in [0, 0.05) is 60.5 Å². The third-order valence-corrected chi connectivity index (χ3v) is 12.9. The first-order chi connectivity index (χ1) is 29.4. The van der Waals surface area contributed by atoms with Crippen LogP contribution in [0.3, 0.4) is 0 Å². The zero-order valence-corrected chi connectivity index (χ0v) is 33.9. The lowest BCUT2D eigenvalue weighted by Crippen LogP contribution is -2.54. The smallest absolute Gasteiger partial charge is 0.421 e. The number of unbranched alkanes of at least 4 members (excludes halogenated alkanes) is 2. The summed E-state index contributed by atoms with van der Waals surface area (Å²) in [5.74, 6) is -0.982. The summed E-state index contributed by atoms with van der Waals surface area (Å²) in [5.41, 5.74) is 2.49. The molecule has 0 spiro atoms. The Kier molecular flexibility index (Phi) is 11.0. The number of halogens is 3. The summed E-state index contributed by atoms with van der Waals surface area (Å²) in [6.07, 6.45) is 7.98. The molecule has 12 nitrogen and oxygen atoms in total. The second-order valence-electron chi connectivity index (χ2n) is 16.9. The Bertz CT molecular complexity index is 2520. The summed E-state index contributed by atoms with van der Waals surface area (Å²) in [6, 6.07) is 12.5. The molecule has 2 aromatic carbocycles. The Morgan fingerprint density at radius 3 is 2.41 bits per heavy atom. The predicted octanol–water partition coefficient (Wildman–Crippen LogP) is 7.72. The number of ether oxygens (including phenoxy) is 2. The standard InChI is InChI=1S/C46H47F3N6O6/c1-53-38-12-15-50-25-36(38)33-8-6-29(22-40(33)53)30-21-37(46(47,48)49)43(51-24-30)61-32-19-28(20-32)26-54-16-13-27(14-17-54)5-3-2-4-18-60-31-7-9-34-35(23-31)45(59)55(44(34)58)39-10-11-41(56)52-42(39)57/h6-9,12,15,21-25,27-28,32,39H,2-5,10-11,13-14,16-20,26H2,1H3,(H,52,56,57)/t28-,32-,39?. The Balaban J connectivity index is 0.684. The van der Waals surface area contributed by atoms with E-state index in [2.05, 4.69) is 20.2 Å². The number of aromatic nitrogens is 3. The molecule has 61 heavy (non-hydrogen) atoms. The molecule has 1 aliphatic carbocycles. The first-order valence-electron chi connectivity index (χ1n) is 21.2. The van der Waals surface area contributed by atoms with Crippen molar-refractivity contribution in [3.8, 4) is 22.8 Å². The zero-order valence-electron chi connectivity index (χ0n) is 33.9. The normalized spacial score (nSPS) is 21.2. The number of nitrogens with one attached hydrogen (secondary N) is 1. The lowest BCUT2D eigenvalue weighted by atomic mass is 9.81. The molecule has 4 aliphatic rings. The average molecular weight is 837 g/mol. The van der Waals surface area contributed by atoms with Crippen molar-refractivity contribution in [1.82, 2.24) is 29.7 Å². The van der Waals surface area contributed by atoms with E-state index in [9.17, 15) is 32.3 Å². The first-order valence-corrected chi connectivity index (χ1v) is 21.2. The fraction of sp³-hybridized carbons (Fsp3) is 0.435. The van der Waals surface area contributed by atoms with Gasteiger partial charge in [0.05, 0.1) is 23.3 Å². The molecule has 3 aromatic heterocycles. The summed E-state index contributed by atoms with van der Waals surface area (Å²) in [7, 11) is 1.93. The number of amides is 4.